The highest BCUT2D eigenvalue weighted by molar-refractivity contribution is 7.19. The van der Waals surface area contributed by atoms with Gasteiger partial charge in [0.25, 0.3) is 5.91 Å². The number of rotatable bonds is 4. The predicted octanol–water partition coefficient (Wildman–Crippen LogP) is 3.76. The SMILES string of the molecule is Cc1oc(C)c(C(=O)Nc2nnc(N3CCC(N4CCCCC4)CC3)s2)c1C. The summed E-state index contributed by atoms with van der Waals surface area (Å²) in [5.41, 5.74) is 1.47. The van der Waals surface area contributed by atoms with Crippen LogP contribution in [-0.4, -0.2) is 53.2 Å². The maximum absolute atomic E-state index is 12.6. The van der Waals surface area contributed by atoms with E-state index in [9.17, 15) is 4.79 Å². The van der Waals surface area contributed by atoms with Gasteiger partial charge in [0.15, 0.2) is 0 Å². The van der Waals surface area contributed by atoms with E-state index in [-0.39, 0.29) is 5.91 Å². The zero-order valence-corrected chi connectivity index (χ0v) is 17.8. The van der Waals surface area contributed by atoms with Gasteiger partial charge in [-0.05, 0) is 59.5 Å². The van der Waals surface area contributed by atoms with E-state index in [4.69, 9.17) is 4.42 Å². The molecular weight excluding hydrogens is 374 g/mol. The van der Waals surface area contributed by atoms with Crippen LogP contribution >= 0.6 is 11.3 Å². The van der Waals surface area contributed by atoms with Crippen LogP contribution in [0, 0.1) is 20.8 Å². The van der Waals surface area contributed by atoms with E-state index in [2.05, 4.69) is 25.3 Å². The van der Waals surface area contributed by atoms with Crippen molar-refractivity contribution in [2.45, 2.75) is 58.9 Å². The van der Waals surface area contributed by atoms with Crippen molar-refractivity contribution < 1.29 is 9.21 Å². The van der Waals surface area contributed by atoms with E-state index in [1.165, 1.54) is 56.5 Å². The molecule has 2 aromatic rings. The molecule has 0 unspecified atom stereocenters. The van der Waals surface area contributed by atoms with Crippen molar-refractivity contribution in [1.82, 2.24) is 15.1 Å². The highest BCUT2D eigenvalue weighted by atomic mass is 32.1. The molecule has 4 rings (SSSR count). The van der Waals surface area contributed by atoms with Gasteiger partial charge in [-0.15, -0.1) is 10.2 Å². The van der Waals surface area contributed by atoms with E-state index >= 15 is 0 Å². The number of amides is 1. The maximum Gasteiger partial charge on any atom is 0.261 e. The predicted molar refractivity (Wildman–Crippen MR) is 111 cm³/mol. The Morgan fingerprint density at radius 1 is 1.04 bits per heavy atom. The third-order valence-electron chi connectivity index (χ3n) is 6.07. The summed E-state index contributed by atoms with van der Waals surface area (Å²) >= 11 is 1.45. The molecule has 1 amide bonds. The molecule has 2 aliphatic rings. The lowest BCUT2D eigenvalue weighted by Gasteiger charge is -2.40. The molecule has 152 valence electrons. The normalized spacial score (nSPS) is 19.2. The van der Waals surface area contributed by atoms with Crippen LogP contribution in [0.3, 0.4) is 0 Å². The number of hydrogen-bond acceptors (Lipinski definition) is 7. The number of aromatic nitrogens is 2. The van der Waals surface area contributed by atoms with Crippen LogP contribution in [0.2, 0.25) is 0 Å². The molecule has 1 N–H and O–H groups in total. The fourth-order valence-corrected chi connectivity index (χ4v) is 5.18. The number of likely N-dealkylation sites (tertiary alicyclic amines) is 1. The second-order valence-electron chi connectivity index (χ2n) is 7.87. The summed E-state index contributed by atoms with van der Waals surface area (Å²) in [5.74, 6) is 1.23. The Hall–Kier alpha value is -1.93. The first-order valence-electron chi connectivity index (χ1n) is 10.2. The Morgan fingerprint density at radius 2 is 1.75 bits per heavy atom. The van der Waals surface area contributed by atoms with Crippen LogP contribution in [0.4, 0.5) is 10.3 Å². The molecule has 0 atom stereocenters. The molecule has 8 heteroatoms. The third-order valence-corrected chi connectivity index (χ3v) is 6.96. The average Bonchev–Trinajstić information content (AvgIpc) is 3.26. The highest BCUT2D eigenvalue weighted by Gasteiger charge is 2.27. The summed E-state index contributed by atoms with van der Waals surface area (Å²) in [5, 5.41) is 12.8. The van der Waals surface area contributed by atoms with E-state index in [0.717, 1.165) is 29.5 Å². The molecule has 28 heavy (non-hydrogen) atoms. The zero-order chi connectivity index (χ0) is 19.7. The second-order valence-corrected chi connectivity index (χ2v) is 8.83. The number of carbonyl (C=O) groups excluding carboxylic acids is 1. The molecule has 0 spiro atoms. The van der Waals surface area contributed by atoms with Crippen LogP contribution in [-0.2, 0) is 0 Å². The van der Waals surface area contributed by atoms with Crippen molar-refractivity contribution in [3.8, 4) is 0 Å². The summed E-state index contributed by atoms with van der Waals surface area (Å²) in [7, 11) is 0. The molecular formula is C20H29N5O2S. The van der Waals surface area contributed by atoms with Crippen LogP contribution in [0.1, 0.15) is 59.5 Å². The van der Waals surface area contributed by atoms with Crippen LogP contribution in [0.15, 0.2) is 4.42 Å². The van der Waals surface area contributed by atoms with Crippen LogP contribution < -0.4 is 10.2 Å². The molecule has 0 saturated carbocycles. The number of piperidine rings is 2. The molecule has 0 aliphatic carbocycles. The van der Waals surface area contributed by atoms with E-state index < -0.39 is 0 Å². The Balaban J connectivity index is 1.35. The summed E-state index contributed by atoms with van der Waals surface area (Å²) in [6, 6.07) is 0.707. The fraction of sp³-hybridized carbons (Fsp3) is 0.650. The van der Waals surface area contributed by atoms with Crippen LogP contribution in [0.5, 0.6) is 0 Å². The number of nitrogens with one attached hydrogen (secondary N) is 1. The Morgan fingerprint density at radius 3 is 2.39 bits per heavy atom. The summed E-state index contributed by atoms with van der Waals surface area (Å²) in [6.45, 7) is 10.1. The molecule has 2 saturated heterocycles. The van der Waals surface area contributed by atoms with Gasteiger partial charge in [0.1, 0.15) is 11.5 Å². The Labute approximate surface area is 170 Å². The summed E-state index contributed by atoms with van der Waals surface area (Å²) in [4.78, 5) is 17.6. The largest absolute Gasteiger partial charge is 0.466 e. The monoisotopic (exact) mass is 403 g/mol. The van der Waals surface area contributed by atoms with Gasteiger partial charge in [0.2, 0.25) is 10.3 Å². The van der Waals surface area contributed by atoms with E-state index in [1.54, 1.807) is 0 Å². The Bertz CT molecular complexity index is 832. The van der Waals surface area contributed by atoms with Crippen LogP contribution in [0.25, 0.3) is 0 Å². The van der Waals surface area contributed by atoms with Crippen molar-refractivity contribution in [2.75, 3.05) is 36.4 Å². The number of aryl methyl sites for hydroxylation is 2. The van der Waals surface area contributed by atoms with Crippen molar-refractivity contribution >= 4 is 27.5 Å². The smallest absolute Gasteiger partial charge is 0.261 e. The summed E-state index contributed by atoms with van der Waals surface area (Å²) in [6.07, 6.45) is 6.41. The quantitative estimate of drug-likeness (QED) is 0.838. The van der Waals surface area contributed by atoms with Crippen molar-refractivity contribution in [1.29, 1.82) is 0 Å². The van der Waals surface area contributed by atoms with Gasteiger partial charge in [-0.3, -0.25) is 10.1 Å². The molecule has 7 nitrogen and oxygen atoms in total. The maximum atomic E-state index is 12.6. The molecule has 2 aliphatic heterocycles. The standard InChI is InChI=1S/C20H29N5O2S/c1-13-14(2)27-15(3)17(13)18(26)21-19-22-23-20(28-19)25-11-7-16(8-12-25)24-9-5-4-6-10-24/h16H,4-12H2,1-3H3,(H,21,22,26). The van der Waals surface area contributed by atoms with Gasteiger partial charge in [-0.25, -0.2) is 0 Å². The van der Waals surface area contributed by atoms with Gasteiger partial charge < -0.3 is 14.2 Å². The minimum atomic E-state index is -0.182. The van der Waals surface area contributed by atoms with E-state index in [1.807, 2.05) is 20.8 Å². The number of hydrogen-bond donors (Lipinski definition) is 1. The molecule has 0 aromatic carbocycles. The molecule has 2 fully saturated rings. The van der Waals surface area contributed by atoms with Crippen molar-refractivity contribution in [2.24, 2.45) is 0 Å². The zero-order valence-electron chi connectivity index (χ0n) is 17.0. The van der Waals surface area contributed by atoms with Crippen molar-refractivity contribution in [3.05, 3.63) is 22.6 Å². The van der Waals surface area contributed by atoms with Gasteiger partial charge in [-0.2, -0.15) is 0 Å². The first-order valence-corrected chi connectivity index (χ1v) is 11.0. The molecule has 2 aromatic heterocycles. The topological polar surface area (TPSA) is 74.5 Å². The Kier molecular flexibility index (Phi) is 5.68. The lowest BCUT2D eigenvalue weighted by Crippen LogP contribution is -2.46. The number of carbonyl (C=O) groups is 1. The number of nitrogens with zero attached hydrogens (tertiary/aromatic N) is 4. The third kappa shape index (κ3) is 3.93. The molecule has 4 heterocycles. The van der Waals surface area contributed by atoms with E-state index in [0.29, 0.717) is 22.5 Å². The lowest BCUT2D eigenvalue weighted by molar-refractivity contribution is 0.102. The minimum absolute atomic E-state index is 0.182. The number of anilines is 2. The van der Waals surface area contributed by atoms with Gasteiger partial charge in [0, 0.05) is 24.7 Å². The second kappa shape index (κ2) is 8.21. The average molecular weight is 404 g/mol. The van der Waals surface area contributed by atoms with Crippen molar-refractivity contribution in [3.63, 3.8) is 0 Å². The first-order chi connectivity index (χ1) is 13.5. The molecule has 0 radical (unpaired) electrons. The highest BCUT2D eigenvalue weighted by Crippen LogP contribution is 2.29. The lowest BCUT2D eigenvalue weighted by atomic mass is 10.0. The fourth-order valence-electron chi connectivity index (χ4n) is 4.39. The minimum Gasteiger partial charge on any atom is -0.466 e. The molecule has 0 bridgehead atoms. The van der Waals surface area contributed by atoms with Gasteiger partial charge >= 0.3 is 0 Å². The first kappa shape index (κ1) is 19.4. The number of furan rings is 1. The van der Waals surface area contributed by atoms with Gasteiger partial charge in [0.05, 0.1) is 5.56 Å². The summed E-state index contributed by atoms with van der Waals surface area (Å²) < 4.78 is 5.56. The van der Waals surface area contributed by atoms with Gasteiger partial charge in [-0.1, -0.05) is 17.8 Å².